The van der Waals surface area contributed by atoms with Crippen molar-refractivity contribution in [1.82, 2.24) is 25.2 Å². The molecule has 0 radical (unpaired) electrons. The maximum absolute atomic E-state index is 12.7. The van der Waals surface area contributed by atoms with Gasteiger partial charge in [-0.1, -0.05) is 12.1 Å². The molecule has 3 aromatic heterocycles. The Morgan fingerprint density at radius 3 is 2.69 bits per heavy atom. The first-order valence-electron chi connectivity index (χ1n) is 10.8. The van der Waals surface area contributed by atoms with E-state index in [0.717, 1.165) is 40.1 Å². The lowest BCUT2D eigenvalue weighted by Crippen LogP contribution is -2.47. The smallest absolute Gasteiger partial charge is 0.225 e. The highest BCUT2D eigenvalue weighted by Crippen LogP contribution is 2.32. The van der Waals surface area contributed by atoms with E-state index in [1.54, 1.807) is 18.6 Å². The number of H-pyrrole nitrogens is 1. The van der Waals surface area contributed by atoms with Crippen LogP contribution in [-0.2, 0) is 11.2 Å². The van der Waals surface area contributed by atoms with Gasteiger partial charge in [0, 0.05) is 43.8 Å². The number of carbonyl (C=O) groups excluding carboxylic acids is 1. The molecule has 1 fully saturated rings. The molecule has 1 atom stereocenters. The van der Waals surface area contributed by atoms with Crippen molar-refractivity contribution in [1.29, 1.82) is 0 Å². The molecule has 0 bridgehead atoms. The zero-order valence-electron chi connectivity index (χ0n) is 17.9. The van der Waals surface area contributed by atoms with Crippen LogP contribution in [0.5, 0.6) is 11.5 Å². The molecule has 4 heterocycles. The molecule has 32 heavy (non-hydrogen) atoms. The maximum Gasteiger partial charge on any atom is 0.225 e. The molecule has 2 N–H and O–H groups in total. The second-order valence-electron chi connectivity index (χ2n) is 8.06. The van der Waals surface area contributed by atoms with Gasteiger partial charge in [-0.3, -0.25) is 15.1 Å². The number of nitrogens with zero attached hydrogens (tertiary/aromatic N) is 3. The van der Waals surface area contributed by atoms with E-state index in [0.29, 0.717) is 19.6 Å². The Hall–Kier alpha value is -3.71. The van der Waals surface area contributed by atoms with Gasteiger partial charge in [-0.2, -0.15) is 0 Å². The van der Waals surface area contributed by atoms with E-state index in [-0.39, 0.29) is 11.9 Å². The number of aryl methyl sites for hydroxylation is 1. The summed E-state index contributed by atoms with van der Waals surface area (Å²) in [7, 11) is 0. The van der Waals surface area contributed by atoms with Crippen LogP contribution in [0.4, 0.5) is 0 Å². The summed E-state index contributed by atoms with van der Waals surface area (Å²) in [6, 6.07) is 13.8. The summed E-state index contributed by atoms with van der Waals surface area (Å²) in [5.41, 5.74) is 4.18. The van der Waals surface area contributed by atoms with Crippen molar-refractivity contribution in [3.8, 4) is 11.5 Å². The normalized spacial score (nSPS) is 16.5. The number of hydrogen-bond acceptors (Lipinski definition) is 5. The average molecular weight is 428 g/mol. The SMILES string of the molecule is Cc1c[nH]c2nccc(Oc3ccc(C4CC(=O)N(CCc5ccncc5)CN4)cc3)c12. The highest BCUT2D eigenvalue weighted by molar-refractivity contribution is 5.86. The largest absolute Gasteiger partial charge is 0.457 e. The summed E-state index contributed by atoms with van der Waals surface area (Å²) in [6.07, 6.45) is 8.51. The number of pyridine rings is 2. The molecule has 4 aromatic rings. The van der Waals surface area contributed by atoms with Crippen LogP contribution < -0.4 is 10.1 Å². The topological polar surface area (TPSA) is 83.1 Å². The van der Waals surface area contributed by atoms with E-state index in [1.807, 2.05) is 60.5 Å². The molecule has 0 spiro atoms. The van der Waals surface area contributed by atoms with E-state index < -0.39 is 0 Å². The molecule has 1 amide bonds. The third kappa shape index (κ3) is 4.20. The molecular formula is C25H25N5O2. The van der Waals surface area contributed by atoms with Gasteiger partial charge in [-0.05, 0) is 60.4 Å². The van der Waals surface area contributed by atoms with Gasteiger partial charge in [0.15, 0.2) is 0 Å². The van der Waals surface area contributed by atoms with Crippen LogP contribution in [-0.4, -0.2) is 39.0 Å². The molecule has 162 valence electrons. The van der Waals surface area contributed by atoms with Crippen LogP contribution in [0.3, 0.4) is 0 Å². The Morgan fingerprint density at radius 2 is 1.91 bits per heavy atom. The number of ether oxygens (including phenoxy) is 1. The quantitative estimate of drug-likeness (QED) is 0.484. The summed E-state index contributed by atoms with van der Waals surface area (Å²) >= 11 is 0. The minimum absolute atomic E-state index is 0.00766. The lowest BCUT2D eigenvalue weighted by atomic mass is 10.0. The molecule has 5 rings (SSSR count). The van der Waals surface area contributed by atoms with Gasteiger partial charge in [0.05, 0.1) is 12.1 Å². The maximum atomic E-state index is 12.7. The Labute approximate surface area is 186 Å². The molecule has 0 saturated carbocycles. The van der Waals surface area contributed by atoms with Crippen molar-refractivity contribution in [3.05, 3.63) is 83.9 Å². The first-order chi connectivity index (χ1) is 15.7. The van der Waals surface area contributed by atoms with Crippen LogP contribution in [0.1, 0.15) is 29.2 Å². The predicted molar refractivity (Wildman–Crippen MR) is 122 cm³/mol. The van der Waals surface area contributed by atoms with Crippen molar-refractivity contribution in [3.63, 3.8) is 0 Å². The molecule has 7 nitrogen and oxygen atoms in total. The summed E-state index contributed by atoms with van der Waals surface area (Å²) < 4.78 is 6.13. The Kier molecular flexibility index (Phi) is 5.56. The van der Waals surface area contributed by atoms with Crippen molar-refractivity contribution in [2.75, 3.05) is 13.2 Å². The minimum atomic E-state index is 0.00766. The molecule has 1 aromatic carbocycles. The molecule has 1 aliphatic heterocycles. The third-order valence-corrected chi connectivity index (χ3v) is 5.92. The predicted octanol–water partition coefficient (Wildman–Crippen LogP) is 4.12. The molecule has 0 aliphatic carbocycles. The fourth-order valence-corrected chi connectivity index (χ4v) is 4.10. The van der Waals surface area contributed by atoms with E-state index in [2.05, 4.69) is 20.3 Å². The fourth-order valence-electron chi connectivity index (χ4n) is 4.10. The van der Waals surface area contributed by atoms with Gasteiger partial charge in [0.2, 0.25) is 5.91 Å². The van der Waals surface area contributed by atoms with Crippen molar-refractivity contribution in [2.45, 2.75) is 25.8 Å². The fraction of sp³-hybridized carbons (Fsp3) is 0.240. The van der Waals surface area contributed by atoms with Gasteiger partial charge in [0.1, 0.15) is 17.1 Å². The molecular weight excluding hydrogens is 402 g/mol. The standard InChI is InChI=1S/C25H25N5O2/c1-17-15-28-25-24(17)22(8-12-27-25)32-20-4-2-19(3-5-20)21-14-23(31)30(16-29-21)13-9-18-6-10-26-11-7-18/h2-8,10-12,15,21,29H,9,13-14,16H2,1H3,(H,27,28). The summed E-state index contributed by atoms with van der Waals surface area (Å²) in [6.45, 7) is 3.28. The summed E-state index contributed by atoms with van der Waals surface area (Å²) in [5, 5.41) is 4.48. The number of carbonyl (C=O) groups is 1. The van der Waals surface area contributed by atoms with Gasteiger partial charge in [-0.15, -0.1) is 0 Å². The van der Waals surface area contributed by atoms with Crippen LogP contribution in [0.15, 0.2) is 67.3 Å². The van der Waals surface area contributed by atoms with E-state index in [9.17, 15) is 4.79 Å². The number of rotatable bonds is 6. The molecule has 1 unspecified atom stereocenters. The highest BCUT2D eigenvalue weighted by atomic mass is 16.5. The van der Waals surface area contributed by atoms with Gasteiger partial charge in [0.25, 0.3) is 0 Å². The van der Waals surface area contributed by atoms with E-state index in [1.165, 1.54) is 5.56 Å². The van der Waals surface area contributed by atoms with Crippen LogP contribution >= 0.6 is 0 Å². The monoisotopic (exact) mass is 427 g/mol. The number of aromatic nitrogens is 3. The van der Waals surface area contributed by atoms with Crippen LogP contribution in [0.25, 0.3) is 11.0 Å². The molecule has 1 aliphatic rings. The summed E-state index contributed by atoms with van der Waals surface area (Å²) in [4.78, 5) is 26.1. The zero-order valence-corrected chi connectivity index (χ0v) is 17.9. The number of benzene rings is 1. The lowest BCUT2D eigenvalue weighted by Gasteiger charge is -2.33. The van der Waals surface area contributed by atoms with Crippen LogP contribution in [0.2, 0.25) is 0 Å². The van der Waals surface area contributed by atoms with Crippen molar-refractivity contribution < 1.29 is 9.53 Å². The first-order valence-corrected chi connectivity index (χ1v) is 10.8. The number of hydrogen-bond donors (Lipinski definition) is 2. The van der Waals surface area contributed by atoms with Gasteiger partial charge in [-0.25, -0.2) is 4.98 Å². The lowest BCUT2D eigenvalue weighted by molar-refractivity contribution is -0.134. The number of nitrogens with one attached hydrogen (secondary N) is 2. The molecule has 1 saturated heterocycles. The minimum Gasteiger partial charge on any atom is -0.457 e. The van der Waals surface area contributed by atoms with Crippen LogP contribution in [0, 0.1) is 6.92 Å². The Balaban J connectivity index is 1.21. The summed E-state index contributed by atoms with van der Waals surface area (Å²) in [5.74, 6) is 1.70. The Bertz CT molecular complexity index is 1220. The highest BCUT2D eigenvalue weighted by Gasteiger charge is 2.26. The first kappa shape index (κ1) is 20.2. The van der Waals surface area contributed by atoms with Gasteiger partial charge < -0.3 is 14.6 Å². The second-order valence-corrected chi connectivity index (χ2v) is 8.06. The van der Waals surface area contributed by atoms with Crippen molar-refractivity contribution in [2.24, 2.45) is 0 Å². The van der Waals surface area contributed by atoms with E-state index in [4.69, 9.17) is 4.74 Å². The van der Waals surface area contributed by atoms with E-state index >= 15 is 0 Å². The number of amides is 1. The molecule has 7 heteroatoms. The third-order valence-electron chi connectivity index (χ3n) is 5.92. The second kappa shape index (κ2) is 8.80. The number of aromatic amines is 1. The Morgan fingerprint density at radius 1 is 1.09 bits per heavy atom. The zero-order chi connectivity index (χ0) is 21.9. The average Bonchev–Trinajstić information content (AvgIpc) is 3.21. The van der Waals surface area contributed by atoms with Gasteiger partial charge >= 0.3 is 0 Å². The number of fused-ring (bicyclic) bond motifs is 1. The van der Waals surface area contributed by atoms with Crippen molar-refractivity contribution >= 4 is 16.9 Å².